The van der Waals surface area contributed by atoms with E-state index >= 15 is 0 Å². The van der Waals surface area contributed by atoms with Crippen LogP contribution in [-0.2, 0) is 22.4 Å². The predicted molar refractivity (Wildman–Crippen MR) is 102 cm³/mol. The molecule has 0 aromatic heterocycles. The van der Waals surface area contributed by atoms with E-state index in [1.807, 2.05) is 12.1 Å². The molecule has 0 spiro atoms. The highest BCUT2D eigenvalue weighted by molar-refractivity contribution is 5.91. The van der Waals surface area contributed by atoms with Crippen LogP contribution in [0.25, 0.3) is 0 Å². The molecule has 0 atom stereocenters. The van der Waals surface area contributed by atoms with Crippen LogP contribution in [0.2, 0.25) is 0 Å². The van der Waals surface area contributed by atoms with Crippen molar-refractivity contribution in [3.05, 3.63) is 59.7 Å². The molecule has 1 saturated heterocycles. The van der Waals surface area contributed by atoms with Gasteiger partial charge in [-0.25, -0.2) is 0 Å². The summed E-state index contributed by atoms with van der Waals surface area (Å²) in [6.07, 6.45) is 2.31. The van der Waals surface area contributed by atoms with Crippen LogP contribution in [0.3, 0.4) is 0 Å². The maximum Gasteiger partial charge on any atom is 0.224 e. The van der Waals surface area contributed by atoms with Gasteiger partial charge in [-0.1, -0.05) is 31.2 Å². The van der Waals surface area contributed by atoms with Crippen molar-refractivity contribution in [1.82, 2.24) is 0 Å². The highest BCUT2D eigenvalue weighted by Crippen LogP contribution is 2.19. The van der Waals surface area contributed by atoms with Gasteiger partial charge in [0.05, 0.1) is 13.2 Å². The Balaban J connectivity index is 1.48. The van der Waals surface area contributed by atoms with Crippen LogP contribution in [0.1, 0.15) is 24.5 Å². The van der Waals surface area contributed by atoms with E-state index in [0.717, 1.165) is 44.8 Å². The van der Waals surface area contributed by atoms with Crippen molar-refractivity contribution >= 4 is 17.3 Å². The first-order chi connectivity index (χ1) is 12.2. The minimum atomic E-state index is 0.0543. The van der Waals surface area contributed by atoms with Crippen molar-refractivity contribution < 1.29 is 9.53 Å². The number of anilines is 2. The molecule has 2 aromatic carbocycles. The van der Waals surface area contributed by atoms with E-state index in [-0.39, 0.29) is 5.91 Å². The van der Waals surface area contributed by atoms with E-state index < -0.39 is 0 Å². The van der Waals surface area contributed by atoms with Crippen molar-refractivity contribution in [3.8, 4) is 0 Å². The molecule has 1 fully saturated rings. The third kappa shape index (κ3) is 5.07. The Labute approximate surface area is 149 Å². The minimum absolute atomic E-state index is 0.0543. The number of morpholine rings is 1. The summed E-state index contributed by atoms with van der Waals surface area (Å²) in [7, 11) is 0. The Hall–Kier alpha value is -2.33. The molecular weight excluding hydrogens is 312 g/mol. The molecule has 25 heavy (non-hydrogen) atoms. The molecular formula is C21H26N2O2. The number of carbonyl (C=O) groups excluding carboxylic acids is 1. The molecule has 1 heterocycles. The number of benzene rings is 2. The molecule has 1 aliphatic rings. The molecule has 1 amide bonds. The lowest BCUT2D eigenvalue weighted by atomic mass is 10.1. The highest BCUT2D eigenvalue weighted by atomic mass is 16.5. The van der Waals surface area contributed by atoms with Crippen molar-refractivity contribution in [2.24, 2.45) is 0 Å². The third-order valence-electron chi connectivity index (χ3n) is 4.60. The van der Waals surface area contributed by atoms with E-state index in [9.17, 15) is 4.79 Å². The normalized spacial score (nSPS) is 14.4. The summed E-state index contributed by atoms with van der Waals surface area (Å²) in [6.45, 7) is 5.54. The molecule has 3 rings (SSSR count). The second-order valence-corrected chi connectivity index (χ2v) is 6.36. The lowest BCUT2D eigenvalue weighted by molar-refractivity contribution is -0.116. The number of carbonyl (C=O) groups is 1. The summed E-state index contributed by atoms with van der Waals surface area (Å²) in [5, 5.41) is 2.98. The molecule has 4 nitrogen and oxygen atoms in total. The Kier molecular flexibility index (Phi) is 6.07. The van der Waals surface area contributed by atoms with Gasteiger partial charge in [0, 0.05) is 30.9 Å². The number of aryl methyl sites for hydroxylation is 2. The number of hydrogen-bond donors (Lipinski definition) is 1. The number of hydrogen-bond acceptors (Lipinski definition) is 3. The van der Waals surface area contributed by atoms with Gasteiger partial charge in [0.2, 0.25) is 5.91 Å². The van der Waals surface area contributed by atoms with Gasteiger partial charge < -0.3 is 15.0 Å². The number of nitrogens with zero attached hydrogens (tertiary/aromatic N) is 1. The molecule has 0 saturated carbocycles. The van der Waals surface area contributed by atoms with E-state index in [0.29, 0.717) is 6.42 Å². The van der Waals surface area contributed by atoms with E-state index in [4.69, 9.17) is 4.74 Å². The lowest BCUT2D eigenvalue weighted by Crippen LogP contribution is -2.36. The average Bonchev–Trinajstić information content (AvgIpc) is 2.68. The van der Waals surface area contributed by atoms with Crippen LogP contribution >= 0.6 is 0 Å². The zero-order chi connectivity index (χ0) is 17.5. The van der Waals surface area contributed by atoms with E-state index in [1.165, 1.54) is 16.8 Å². The number of amides is 1. The van der Waals surface area contributed by atoms with Gasteiger partial charge in [-0.05, 0) is 48.2 Å². The summed E-state index contributed by atoms with van der Waals surface area (Å²) < 4.78 is 5.38. The molecule has 132 valence electrons. The highest BCUT2D eigenvalue weighted by Gasteiger charge is 2.11. The first-order valence-corrected chi connectivity index (χ1v) is 9.05. The Morgan fingerprint density at radius 3 is 2.28 bits per heavy atom. The fourth-order valence-corrected chi connectivity index (χ4v) is 3.00. The molecule has 0 aliphatic carbocycles. The van der Waals surface area contributed by atoms with Crippen LogP contribution in [0.15, 0.2) is 48.5 Å². The monoisotopic (exact) mass is 338 g/mol. The Morgan fingerprint density at radius 2 is 1.64 bits per heavy atom. The molecule has 1 aliphatic heterocycles. The summed E-state index contributed by atoms with van der Waals surface area (Å²) in [5.74, 6) is 0.0543. The summed E-state index contributed by atoms with van der Waals surface area (Å²) >= 11 is 0. The molecule has 0 unspecified atom stereocenters. The zero-order valence-electron chi connectivity index (χ0n) is 14.8. The van der Waals surface area contributed by atoms with Crippen LogP contribution in [0, 0.1) is 0 Å². The van der Waals surface area contributed by atoms with Gasteiger partial charge in [-0.2, -0.15) is 0 Å². The standard InChI is InChI=1S/C21H26N2O2/c1-2-17-3-5-18(6-4-17)7-12-21(24)22-19-8-10-20(11-9-19)23-13-15-25-16-14-23/h3-6,8-11H,2,7,12-16H2,1H3,(H,22,24). The van der Waals surface area contributed by atoms with E-state index in [2.05, 4.69) is 53.5 Å². The molecule has 0 bridgehead atoms. The zero-order valence-corrected chi connectivity index (χ0v) is 14.8. The van der Waals surface area contributed by atoms with Crippen molar-refractivity contribution in [3.63, 3.8) is 0 Å². The van der Waals surface area contributed by atoms with Crippen LogP contribution in [0.5, 0.6) is 0 Å². The van der Waals surface area contributed by atoms with E-state index in [1.54, 1.807) is 0 Å². The Bertz CT molecular complexity index is 674. The molecule has 4 heteroatoms. The molecule has 2 aromatic rings. The Morgan fingerprint density at radius 1 is 1.00 bits per heavy atom. The van der Waals surface area contributed by atoms with Crippen molar-refractivity contribution in [2.75, 3.05) is 36.5 Å². The van der Waals surface area contributed by atoms with Crippen LogP contribution < -0.4 is 10.2 Å². The summed E-state index contributed by atoms with van der Waals surface area (Å²) in [6, 6.07) is 16.6. The first kappa shape index (κ1) is 17.5. The van der Waals surface area contributed by atoms with Crippen molar-refractivity contribution in [2.45, 2.75) is 26.2 Å². The predicted octanol–water partition coefficient (Wildman–Crippen LogP) is 3.66. The largest absolute Gasteiger partial charge is 0.378 e. The summed E-state index contributed by atoms with van der Waals surface area (Å²) in [5.41, 5.74) is 4.56. The fourth-order valence-electron chi connectivity index (χ4n) is 3.00. The maximum atomic E-state index is 12.2. The lowest BCUT2D eigenvalue weighted by Gasteiger charge is -2.28. The van der Waals surface area contributed by atoms with Gasteiger partial charge >= 0.3 is 0 Å². The first-order valence-electron chi connectivity index (χ1n) is 9.05. The maximum absolute atomic E-state index is 12.2. The molecule has 0 radical (unpaired) electrons. The van der Waals surface area contributed by atoms with Crippen LogP contribution in [0.4, 0.5) is 11.4 Å². The SMILES string of the molecule is CCc1ccc(CCC(=O)Nc2ccc(N3CCOCC3)cc2)cc1. The number of rotatable bonds is 6. The fraction of sp³-hybridized carbons (Fsp3) is 0.381. The van der Waals surface area contributed by atoms with Crippen LogP contribution in [-0.4, -0.2) is 32.2 Å². The second kappa shape index (κ2) is 8.67. The molecule has 1 N–H and O–H groups in total. The van der Waals surface area contributed by atoms with Gasteiger partial charge in [0.15, 0.2) is 0 Å². The second-order valence-electron chi connectivity index (χ2n) is 6.36. The number of ether oxygens (including phenoxy) is 1. The average molecular weight is 338 g/mol. The summed E-state index contributed by atoms with van der Waals surface area (Å²) in [4.78, 5) is 14.5. The third-order valence-corrected chi connectivity index (χ3v) is 4.60. The van der Waals surface area contributed by atoms with Gasteiger partial charge in [-0.15, -0.1) is 0 Å². The number of nitrogens with one attached hydrogen (secondary N) is 1. The van der Waals surface area contributed by atoms with Crippen molar-refractivity contribution in [1.29, 1.82) is 0 Å². The van der Waals surface area contributed by atoms with Gasteiger partial charge in [0.1, 0.15) is 0 Å². The smallest absolute Gasteiger partial charge is 0.224 e. The van der Waals surface area contributed by atoms with Gasteiger partial charge in [-0.3, -0.25) is 4.79 Å². The topological polar surface area (TPSA) is 41.6 Å². The quantitative estimate of drug-likeness (QED) is 0.874. The minimum Gasteiger partial charge on any atom is -0.378 e. The van der Waals surface area contributed by atoms with Gasteiger partial charge in [0.25, 0.3) is 0 Å².